The number of rotatable bonds is 6. The van der Waals surface area contributed by atoms with Gasteiger partial charge in [0.25, 0.3) is 0 Å². The number of benzene rings is 2. The first-order valence-electron chi connectivity index (χ1n) is 11.6. The molecule has 0 unspecified atom stereocenters. The van der Waals surface area contributed by atoms with Crippen molar-refractivity contribution in [2.75, 3.05) is 29.9 Å². The molecule has 0 spiro atoms. The Morgan fingerprint density at radius 2 is 1.79 bits per heavy atom. The molecule has 3 aromatic rings. The Balaban J connectivity index is 1.10. The van der Waals surface area contributed by atoms with Gasteiger partial charge in [0.2, 0.25) is 23.5 Å². The fraction of sp³-hybridized carbons (Fsp3) is 0.360. The molecule has 5 rings (SSSR count). The lowest BCUT2D eigenvalue weighted by atomic mass is 9.96. The zero-order valence-corrected chi connectivity index (χ0v) is 20.3. The number of halogens is 1. The molecule has 0 radical (unpaired) electrons. The predicted molar refractivity (Wildman–Crippen MR) is 132 cm³/mol. The monoisotopic (exact) mass is 523 g/mol. The van der Waals surface area contributed by atoms with Crippen LogP contribution >= 0.6 is 15.9 Å². The molecule has 2 amide bonds. The summed E-state index contributed by atoms with van der Waals surface area (Å²) in [5.41, 5.74) is 2.56. The molecule has 3 heterocycles. The summed E-state index contributed by atoms with van der Waals surface area (Å²) in [7, 11) is 0. The van der Waals surface area contributed by atoms with Crippen LogP contribution in [0.4, 0.5) is 11.4 Å². The first-order chi connectivity index (χ1) is 16.5. The molecule has 0 bridgehead atoms. The summed E-state index contributed by atoms with van der Waals surface area (Å²) in [6.07, 6.45) is 3.06. The average Bonchev–Trinajstić information content (AvgIpc) is 3.49. The lowest BCUT2D eigenvalue weighted by Gasteiger charge is -2.30. The Kier molecular flexibility index (Phi) is 6.73. The highest BCUT2D eigenvalue weighted by atomic mass is 79.9. The van der Waals surface area contributed by atoms with Crippen LogP contribution in [-0.4, -0.2) is 46.5 Å². The summed E-state index contributed by atoms with van der Waals surface area (Å²) in [4.78, 5) is 33.2. The van der Waals surface area contributed by atoms with Gasteiger partial charge in [0.15, 0.2) is 0 Å². The summed E-state index contributed by atoms with van der Waals surface area (Å²) in [5.74, 6) is 1.33. The van der Waals surface area contributed by atoms with Crippen LogP contribution in [0.3, 0.4) is 0 Å². The maximum absolute atomic E-state index is 12.8. The van der Waals surface area contributed by atoms with Gasteiger partial charge in [-0.05, 0) is 80.9 Å². The van der Waals surface area contributed by atoms with E-state index in [-0.39, 0.29) is 17.7 Å². The van der Waals surface area contributed by atoms with Crippen LogP contribution in [0.25, 0.3) is 11.4 Å². The van der Waals surface area contributed by atoms with Crippen molar-refractivity contribution in [3.05, 3.63) is 58.9 Å². The van der Waals surface area contributed by atoms with E-state index in [2.05, 4.69) is 36.3 Å². The van der Waals surface area contributed by atoms with E-state index in [1.54, 1.807) is 4.90 Å². The number of likely N-dealkylation sites (tertiary alicyclic amines) is 1. The van der Waals surface area contributed by atoms with Crippen molar-refractivity contribution in [2.45, 2.75) is 32.2 Å². The molecule has 8 nitrogen and oxygen atoms in total. The zero-order chi connectivity index (χ0) is 23.5. The lowest BCUT2D eigenvalue weighted by Crippen LogP contribution is -2.37. The summed E-state index contributed by atoms with van der Waals surface area (Å²) in [5, 5.41) is 7.12. The summed E-state index contributed by atoms with van der Waals surface area (Å²) < 4.78 is 6.44. The molecule has 2 aliphatic heterocycles. The van der Waals surface area contributed by atoms with E-state index in [0.29, 0.717) is 24.7 Å². The number of anilines is 2. The second-order valence-electron chi connectivity index (χ2n) is 8.75. The second kappa shape index (κ2) is 10.1. The van der Waals surface area contributed by atoms with E-state index in [1.807, 2.05) is 48.5 Å². The fourth-order valence-corrected chi connectivity index (χ4v) is 4.73. The van der Waals surface area contributed by atoms with Gasteiger partial charge in [-0.15, -0.1) is 0 Å². The maximum atomic E-state index is 12.8. The zero-order valence-electron chi connectivity index (χ0n) is 18.7. The van der Waals surface area contributed by atoms with E-state index in [9.17, 15) is 9.59 Å². The number of aromatic nitrogens is 2. The highest BCUT2D eigenvalue weighted by Crippen LogP contribution is 2.25. The molecule has 2 aliphatic rings. The van der Waals surface area contributed by atoms with Crippen LogP contribution in [-0.2, 0) is 16.1 Å². The highest BCUT2D eigenvalue weighted by molar-refractivity contribution is 9.10. The molecule has 176 valence electrons. The molecule has 34 heavy (non-hydrogen) atoms. The third kappa shape index (κ3) is 5.20. The molecule has 1 N–H and O–H groups in total. The minimum Gasteiger partial charge on any atom is -0.338 e. The number of carbonyl (C=O) groups excluding carboxylic acids is 2. The van der Waals surface area contributed by atoms with Crippen molar-refractivity contribution < 1.29 is 14.1 Å². The maximum Gasteiger partial charge on any atom is 0.241 e. The van der Waals surface area contributed by atoms with Crippen LogP contribution in [0, 0.1) is 5.92 Å². The van der Waals surface area contributed by atoms with Gasteiger partial charge in [-0.1, -0.05) is 21.1 Å². The van der Waals surface area contributed by atoms with E-state index in [4.69, 9.17) is 4.52 Å². The molecular formula is C25H26BrN5O3. The molecule has 0 atom stereocenters. The van der Waals surface area contributed by atoms with Gasteiger partial charge in [-0.2, -0.15) is 4.98 Å². The fourth-order valence-electron chi connectivity index (χ4n) is 4.47. The molecule has 2 saturated heterocycles. The van der Waals surface area contributed by atoms with Crippen molar-refractivity contribution in [2.24, 2.45) is 5.92 Å². The number of nitrogens with one attached hydrogen (secondary N) is 1. The van der Waals surface area contributed by atoms with E-state index in [0.717, 1.165) is 60.3 Å². The van der Waals surface area contributed by atoms with E-state index >= 15 is 0 Å². The van der Waals surface area contributed by atoms with Crippen LogP contribution in [0.2, 0.25) is 0 Å². The SMILES string of the molecule is O=C(Nc1ccc(N2CCCC2=O)cc1)C1CCN(Cc2nc(-c3ccc(Br)cc3)no2)CC1. The Bertz CT molecular complexity index is 1150. The number of hydrogen-bond acceptors (Lipinski definition) is 6. The minimum atomic E-state index is -0.0305. The smallest absolute Gasteiger partial charge is 0.241 e. The van der Waals surface area contributed by atoms with E-state index in [1.165, 1.54) is 0 Å². The molecular weight excluding hydrogens is 498 g/mol. The van der Waals surface area contributed by atoms with Crippen molar-refractivity contribution in [1.82, 2.24) is 15.0 Å². The van der Waals surface area contributed by atoms with Crippen molar-refractivity contribution in [1.29, 1.82) is 0 Å². The van der Waals surface area contributed by atoms with Gasteiger partial charge in [-0.25, -0.2) is 0 Å². The molecule has 0 saturated carbocycles. The average molecular weight is 524 g/mol. The minimum absolute atomic E-state index is 0.0305. The highest BCUT2D eigenvalue weighted by Gasteiger charge is 2.26. The molecule has 0 aliphatic carbocycles. The van der Waals surface area contributed by atoms with Crippen molar-refractivity contribution >= 4 is 39.1 Å². The van der Waals surface area contributed by atoms with Crippen LogP contribution < -0.4 is 10.2 Å². The van der Waals surface area contributed by atoms with Crippen molar-refractivity contribution in [3.63, 3.8) is 0 Å². The van der Waals surface area contributed by atoms with Crippen LogP contribution in [0.1, 0.15) is 31.6 Å². The normalized spacial score (nSPS) is 17.3. The summed E-state index contributed by atoms with van der Waals surface area (Å²) >= 11 is 3.43. The standard InChI is InChI=1S/C25H26BrN5O3/c26-19-5-3-17(4-6-19)24-28-22(34-29-24)16-30-14-11-18(12-15-30)25(33)27-20-7-9-21(10-8-20)31-13-1-2-23(31)32/h3-10,18H,1-2,11-16H2,(H,27,33). The number of nitrogens with zero attached hydrogens (tertiary/aromatic N) is 4. The first-order valence-corrected chi connectivity index (χ1v) is 12.4. The number of hydrogen-bond donors (Lipinski definition) is 1. The number of carbonyl (C=O) groups is 2. The third-order valence-corrected chi connectivity index (χ3v) is 6.94. The van der Waals surface area contributed by atoms with Gasteiger partial charge in [0.05, 0.1) is 6.54 Å². The largest absolute Gasteiger partial charge is 0.338 e. The Morgan fingerprint density at radius 3 is 2.47 bits per heavy atom. The Hall–Kier alpha value is -3.04. The van der Waals surface area contributed by atoms with Gasteiger partial charge in [0, 0.05) is 40.3 Å². The van der Waals surface area contributed by atoms with Crippen molar-refractivity contribution in [3.8, 4) is 11.4 Å². The summed E-state index contributed by atoms with van der Waals surface area (Å²) in [6.45, 7) is 2.93. The first kappa shape index (κ1) is 22.7. The van der Waals surface area contributed by atoms with Crippen LogP contribution in [0.15, 0.2) is 57.5 Å². The quantitative estimate of drug-likeness (QED) is 0.512. The Labute approximate surface area is 206 Å². The van der Waals surface area contributed by atoms with E-state index < -0.39 is 0 Å². The molecule has 1 aromatic heterocycles. The second-order valence-corrected chi connectivity index (χ2v) is 9.67. The topological polar surface area (TPSA) is 91.6 Å². The van der Waals surface area contributed by atoms with Gasteiger partial charge >= 0.3 is 0 Å². The number of amides is 2. The number of piperidine rings is 1. The lowest BCUT2D eigenvalue weighted by molar-refractivity contribution is -0.121. The van der Waals surface area contributed by atoms with Gasteiger partial charge in [-0.3, -0.25) is 14.5 Å². The summed E-state index contributed by atoms with van der Waals surface area (Å²) in [6, 6.07) is 15.3. The van der Waals surface area contributed by atoms with Gasteiger partial charge in [0.1, 0.15) is 0 Å². The predicted octanol–water partition coefficient (Wildman–Crippen LogP) is 4.48. The molecule has 2 aromatic carbocycles. The molecule has 9 heteroatoms. The van der Waals surface area contributed by atoms with Crippen LogP contribution in [0.5, 0.6) is 0 Å². The third-order valence-electron chi connectivity index (χ3n) is 6.41. The molecule has 2 fully saturated rings. The Morgan fingerprint density at radius 1 is 1.06 bits per heavy atom. The van der Waals surface area contributed by atoms with Gasteiger partial charge < -0.3 is 14.7 Å².